The molecule has 0 spiro atoms. The van der Waals surface area contributed by atoms with Gasteiger partial charge in [0.05, 0.1) is 23.7 Å². The Labute approximate surface area is 140 Å². The van der Waals surface area contributed by atoms with E-state index in [4.69, 9.17) is 0 Å². The Morgan fingerprint density at radius 3 is 2.71 bits per heavy atom. The predicted octanol–water partition coefficient (Wildman–Crippen LogP) is 3.15. The van der Waals surface area contributed by atoms with E-state index in [1.165, 1.54) is 17.8 Å². The summed E-state index contributed by atoms with van der Waals surface area (Å²) < 4.78 is 13.9. The summed E-state index contributed by atoms with van der Waals surface area (Å²) in [6.07, 6.45) is 6.93. The van der Waals surface area contributed by atoms with Crippen LogP contribution < -0.4 is 10.6 Å². The standard InChI is InChI=1S/C18H21FN4O/c1-11-6-7-20-8-13(11)15-9-22-16(10-21-15)23-18(24)17-12(2)4-3-5-14(17)19/h5,9-10,20H,3-4,6-8H2,1-2H3,(H,22,23,24). The van der Waals surface area contributed by atoms with E-state index < -0.39 is 11.7 Å². The summed E-state index contributed by atoms with van der Waals surface area (Å²) in [6, 6.07) is 0. The predicted molar refractivity (Wildman–Crippen MR) is 91.9 cm³/mol. The largest absolute Gasteiger partial charge is 0.312 e. The zero-order chi connectivity index (χ0) is 17.1. The molecule has 2 heterocycles. The van der Waals surface area contributed by atoms with Crippen LogP contribution >= 0.6 is 0 Å². The summed E-state index contributed by atoms with van der Waals surface area (Å²) >= 11 is 0. The van der Waals surface area contributed by atoms with Crippen molar-refractivity contribution in [2.24, 2.45) is 0 Å². The zero-order valence-electron chi connectivity index (χ0n) is 13.9. The number of hydrogen-bond acceptors (Lipinski definition) is 4. The SMILES string of the molecule is CC1=C(C(=O)Nc2cnc(C3=C(C)CCNC3)cn2)C(F)=CCC1. The van der Waals surface area contributed by atoms with E-state index in [0.29, 0.717) is 18.7 Å². The molecule has 2 aliphatic rings. The molecule has 1 aliphatic heterocycles. The number of nitrogens with zero attached hydrogens (tertiary/aromatic N) is 2. The minimum atomic E-state index is -0.474. The fraction of sp³-hybridized carbons (Fsp3) is 0.389. The van der Waals surface area contributed by atoms with Gasteiger partial charge in [0, 0.05) is 6.54 Å². The molecule has 24 heavy (non-hydrogen) atoms. The molecule has 0 atom stereocenters. The molecule has 0 saturated carbocycles. The molecule has 0 fully saturated rings. The third-order valence-corrected chi connectivity index (χ3v) is 4.43. The number of aromatic nitrogens is 2. The molecule has 0 bridgehead atoms. The molecular weight excluding hydrogens is 307 g/mol. The van der Waals surface area contributed by atoms with Gasteiger partial charge in [-0.2, -0.15) is 0 Å². The van der Waals surface area contributed by atoms with Gasteiger partial charge in [-0.3, -0.25) is 9.78 Å². The van der Waals surface area contributed by atoms with Crippen molar-refractivity contribution in [1.29, 1.82) is 0 Å². The molecule has 0 unspecified atom stereocenters. The van der Waals surface area contributed by atoms with Gasteiger partial charge in [-0.05, 0) is 51.3 Å². The molecule has 0 aromatic carbocycles. The van der Waals surface area contributed by atoms with E-state index in [1.807, 2.05) is 0 Å². The van der Waals surface area contributed by atoms with Gasteiger partial charge in [0.15, 0.2) is 5.82 Å². The highest BCUT2D eigenvalue weighted by Crippen LogP contribution is 2.27. The van der Waals surface area contributed by atoms with Crippen molar-refractivity contribution in [2.75, 3.05) is 18.4 Å². The van der Waals surface area contributed by atoms with Crippen molar-refractivity contribution in [3.63, 3.8) is 0 Å². The van der Waals surface area contributed by atoms with Crippen LogP contribution in [0.3, 0.4) is 0 Å². The van der Waals surface area contributed by atoms with E-state index in [0.717, 1.165) is 36.4 Å². The van der Waals surface area contributed by atoms with Crippen LogP contribution in [0.4, 0.5) is 10.2 Å². The van der Waals surface area contributed by atoms with E-state index in [-0.39, 0.29) is 5.57 Å². The lowest BCUT2D eigenvalue weighted by atomic mass is 9.97. The lowest BCUT2D eigenvalue weighted by Gasteiger charge is -2.18. The molecular formula is C18H21FN4O. The average molecular weight is 328 g/mol. The molecule has 1 aromatic rings. The van der Waals surface area contributed by atoms with Gasteiger partial charge in [-0.1, -0.05) is 11.1 Å². The van der Waals surface area contributed by atoms with Gasteiger partial charge in [-0.25, -0.2) is 9.37 Å². The Morgan fingerprint density at radius 2 is 2.04 bits per heavy atom. The van der Waals surface area contributed by atoms with Crippen LogP contribution in [0.15, 0.2) is 41.0 Å². The third-order valence-electron chi connectivity index (χ3n) is 4.43. The van der Waals surface area contributed by atoms with Crippen LogP contribution in [0.1, 0.15) is 38.8 Å². The maximum Gasteiger partial charge on any atom is 0.259 e. The molecule has 1 amide bonds. The van der Waals surface area contributed by atoms with Crippen molar-refractivity contribution in [3.8, 4) is 0 Å². The van der Waals surface area contributed by atoms with E-state index >= 15 is 0 Å². The first-order valence-corrected chi connectivity index (χ1v) is 8.15. The topological polar surface area (TPSA) is 66.9 Å². The second kappa shape index (κ2) is 7.05. The van der Waals surface area contributed by atoms with Gasteiger partial charge < -0.3 is 10.6 Å². The second-order valence-corrected chi connectivity index (χ2v) is 6.17. The highest BCUT2D eigenvalue weighted by Gasteiger charge is 2.21. The number of hydrogen-bond donors (Lipinski definition) is 2. The number of anilines is 1. The van der Waals surface area contributed by atoms with Crippen LogP contribution in [0.2, 0.25) is 0 Å². The lowest BCUT2D eigenvalue weighted by molar-refractivity contribution is -0.112. The minimum Gasteiger partial charge on any atom is -0.312 e. The van der Waals surface area contributed by atoms with Crippen molar-refractivity contribution in [3.05, 3.63) is 46.7 Å². The first kappa shape index (κ1) is 16.5. The normalized spacial score (nSPS) is 18.5. The fourth-order valence-electron chi connectivity index (χ4n) is 2.98. The lowest BCUT2D eigenvalue weighted by Crippen LogP contribution is -2.24. The number of carbonyl (C=O) groups excluding carboxylic acids is 1. The van der Waals surface area contributed by atoms with Crippen LogP contribution in [0, 0.1) is 0 Å². The highest BCUT2D eigenvalue weighted by molar-refractivity contribution is 6.06. The summed E-state index contributed by atoms with van der Waals surface area (Å²) in [6.45, 7) is 5.63. The molecule has 6 heteroatoms. The molecule has 1 aromatic heterocycles. The van der Waals surface area contributed by atoms with Crippen molar-refractivity contribution >= 4 is 17.3 Å². The first-order valence-electron chi connectivity index (χ1n) is 8.15. The summed E-state index contributed by atoms with van der Waals surface area (Å²) in [7, 11) is 0. The van der Waals surface area contributed by atoms with E-state index in [9.17, 15) is 9.18 Å². The Balaban J connectivity index is 1.75. The van der Waals surface area contributed by atoms with Gasteiger partial charge in [0.2, 0.25) is 0 Å². The molecule has 0 radical (unpaired) electrons. The first-order chi connectivity index (χ1) is 11.6. The molecule has 5 nitrogen and oxygen atoms in total. The Bertz CT molecular complexity index is 747. The van der Waals surface area contributed by atoms with E-state index in [1.54, 1.807) is 13.1 Å². The number of rotatable bonds is 3. The van der Waals surface area contributed by atoms with Gasteiger partial charge in [0.1, 0.15) is 5.83 Å². The van der Waals surface area contributed by atoms with Crippen molar-refractivity contribution in [1.82, 2.24) is 15.3 Å². The molecule has 2 N–H and O–H groups in total. The molecule has 1 aliphatic carbocycles. The van der Waals surface area contributed by atoms with Crippen molar-refractivity contribution < 1.29 is 9.18 Å². The molecule has 0 saturated heterocycles. The maximum atomic E-state index is 13.9. The third kappa shape index (κ3) is 3.43. The van der Waals surface area contributed by atoms with Crippen LogP contribution in [-0.2, 0) is 4.79 Å². The van der Waals surface area contributed by atoms with Crippen molar-refractivity contribution in [2.45, 2.75) is 33.1 Å². The molecule has 3 rings (SSSR count). The monoisotopic (exact) mass is 328 g/mol. The zero-order valence-corrected chi connectivity index (χ0v) is 13.9. The second-order valence-electron chi connectivity index (χ2n) is 6.17. The Hall–Kier alpha value is -2.34. The quantitative estimate of drug-likeness (QED) is 0.894. The van der Waals surface area contributed by atoms with Gasteiger partial charge in [0.25, 0.3) is 5.91 Å². The minimum absolute atomic E-state index is 0.113. The summed E-state index contributed by atoms with van der Waals surface area (Å²) in [4.78, 5) is 20.9. The average Bonchev–Trinajstić information content (AvgIpc) is 2.56. The number of halogens is 1. The number of carbonyl (C=O) groups is 1. The van der Waals surface area contributed by atoms with Gasteiger partial charge in [-0.15, -0.1) is 0 Å². The number of amides is 1. The Morgan fingerprint density at radius 1 is 1.21 bits per heavy atom. The number of allylic oxidation sites excluding steroid dienone is 2. The van der Waals surface area contributed by atoms with Crippen LogP contribution in [0.25, 0.3) is 5.57 Å². The van der Waals surface area contributed by atoms with E-state index in [2.05, 4.69) is 27.5 Å². The van der Waals surface area contributed by atoms with Crippen LogP contribution in [-0.4, -0.2) is 29.0 Å². The highest BCUT2D eigenvalue weighted by atomic mass is 19.1. The maximum absolute atomic E-state index is 13.9. The fourth-order valence-corrected chi connectivity index (χ4v) is 2.98. The molecule has 126 valence electrons. The van der Waals surface area contributed by atoms with Gasteiger partial charge >= 0.3 is 0 Å². The number of nitrogens with one attached hydrogen (secondary N) is 2. The van der Waals surface area contributed by atoms with Crippen LogP contribution in [0.5, 0.6) is 0 Å². The Kier molecular flexibility index (Phi) is 4.85. The smallest absolute Gasteiger partial charge is 0.259 e. The summed E-state index contributed by atoms with van der Waals surface area (Å²) in [5.74, 6) is -0.614. The summed E-state index contributed by atoms with van der Waals surface area (Å²) in [5, 5.41) is 5.94. The summed E-state index contributed by atoms with van der Waals surface area (Å²) in [5.41, 5.74) is 4.12.